The van der Waals surface area contributed by atoms with Gasteiger partial charge in [0.1, 0.15) is 0 Å². The average Bonchev–Trinajstić information content (AvgIpc) is 2.43. The summed E-state index contributed by atoms with van der Waals surface area (Å²) in [4.78, 5) is 13.4. The van der Waals surface area contributed by atoms with Crippen LogP contribution in [0, 0.1) is 0 Å². The Balaban J connectivity index is 2.44. The molecule has 0 unspecified atom stereocenters. The van der Waals surface area contributed by atoms with Gasteiger partial charge in [0.25, 0.3) is 5.91 Å². The number of nitrogens with one attached hydrogen (secondary N) is 4. The molecule has 0 bridgehead atoms. The summed E-state index contributed by atoms with van der Waals surface area (Å²) in [6, 6.07) is 7.60. The molecule has 22 heavy (non-hydrogen) atoms. The van der Waals surface area contributed by atoms with Crippen LogP contribution in [0.3, 0.4) is 0 Å². The molecule has 0 aliphatic carbocycles. The Kier molecular flexibility index (Phi) is 6.77. The zero-order valence-corrected chi connectivity index (χ0v) is 14.9. The van der Waals surface area contributed by atoms with Crippen molar-refractivity contribution >= 4 is 23.2 Å². The largest absolute Gasteiger partial charge is 0.356 e. The number of quaternary nitrogens is 1. The van der Waals surface area contributed by atoms with Crippen LogP contribution in [-0.4, -0.2) is 38.2 Å². The predicted octanol–water partition coefficient (Wildman–Crippen LogP) is 0.238. The molecule has 0 aliphatic rings. The second-order valence-corrected chi connectivity index (χ2v) is 7.03. The topological polar surface area (TPSA) is 57.6 Å². The number of hydrogen-bond donors (Lipinski definition) is 4. The van der Waals surface area contributed by atoms with E-state index in [1.165, 1.54) is 10.5 Å². The van der Waals surface area contributed by atoms with Crippen LogP contribution in [0.25, 0.3) is 0 Å². The zero-order valence-electron chi connectivity index (χ0n) is 14.0. The molecule has 1 aromatic carbocycles. The van der Waals surface area contributed by atoms with Crippen LogP contribution < -0.4 is 21.1 Å². The molecule has 0 aromatic heterocycles. The maximum atomic E-state index is 12.0. The van der Waals surface area contributed by atoms with Crippen LogP contribution in [-0.2, 0) is 5.41 Å². The van der Waals surface area contributed by atoms with Gasteiger partial charge >= 0.3 is 0 Å². The molecule has 0 radical (unpaired) electrons. The van der Waals surface area contributed by atoms with Crippen LogP contribution in [0.5, 0.6) is 0 Å². The number of benzene rings is 1. The maximum Gasteiger partial charge on any atom is 0.269 e. The van der Waals surface area contributed by atoms with Gasteiger partial charge in [0.2, 0.25) is 0 Å². The summed E-state index contributed by atoms with van der Waals surface area (Å²) in [6.07, 6.45) is 0. The van der Waals surface area contributed by atoms with E-state index in [1.807, 2.05) is 24.3 Å². The van der Waals surface area contributed by atoms with Crippen molar-refractivity contribution in [3.63, 3.8) is 0 Å². The van der Waals surface area contributed by atoms with E-state index in [2.05, 4.69) is 51.0 Å². The van der Waals surface area contributed by atoms with Crippen LogP contribution in [0.1, 0.15) is 36.7 Å². The lowest BCUT2D eigenvalue weighted by molar-refractivity contribution is -0.856. The second-order valence-electron chi connectivity index (χ2n) is 6.62. The number of carbonyl (C=O) groups excluding carboxylic acids is 1. The summed E-state index contributed by atoms with van der Waals surface area (Å²) in [7, 11) is 4.14. The Hall–Kier alpha value is -1.66. The standard InChI is InChI=1S/C16H26N4OS/c1-16(2,3)13-8-6-12(7-9-13)14(21)18-19-15(22)17-10-11-20(4)5/h6-9H,10-11H2,1-5H3,(H,18,21)(H2,17,19,22)/p+1. The molecule has 1 rings (SSSR count). The van der Waals surface area contributed by atoms with E-state index in [1.54, 1.807) is 0 Å². The van der Waals surface area contributed by atoms with E-state index in [9.17, 15) is 4.79 Å². The average molecular weight is 323 g/mol. The van der Waals surface area contributed by atoms with Crippen molar-refractivity contribution in [1.29, 1.82) is 0 Å². The van der Waals surface area contributed by atoms with E-state index < -0.39 is 0 Å². The van der Waals surface area contributed by atoms with Crippen molar-refractivity contribution in [1.82, 2.24) is 16.2 Å². The highest BCUT2D eigenvalue weighted by Gasteiger charge is 2.14. The fourth-order valence-corrected chi connectivity index (χ4v) is 1.93. The van der Waals surface area contributed by atoms with Crippen molar-refractivity contribution in [3.05, 3.63) is 35.4 Å². The summed E-state index contributed by atoms with van der Waals surface area (Å²) in [6.45, 7) is 8.13. The first-order valence-corrected chi connectivity index (χ1v) is 7.84. The van der Waals surface area contributed by atoms with Gasteiger partial charge in [-0.25, -0.2) is 0 Å². The molecule has 0 aliphatic heterocycles. The van der Waals surface area contributed by atoms with Gasteiger partial charge in [-0.15, -0.1) is 0 Å². The predicted molar refractivity (Wildman–Crippen MR) is 94.0 cm³/mol. The molecular weight excluding hydrogens is 296 g/mol. The highest BCUT2D eigenvalue weighted by molar-refractivity contribution is 7.80. The molecule has 6 heteroatoms. The number of likely N-dealkylation sites (N-methyl/N-ethyl adjacent to an activating group) is 1. The minimum atomic E-state index is -0.206. The third-order valence-electron chi connectivity index (χ3n) is 3.21. The lowest BCUT2D eigenvalue weighted by Gasteiger charge is -2.19. The van der Waals surface area contributed by atoms with Crippen molar-refractivity contribution in [2.45, 2.75) is 26.2 Å². The molecule has 0 saturated carbocycles. The molecule has 0 fully saturated rings. The molecule has 0 atom stereocenters. The van der Waals surface area contributed by atoms with E-state index in [-0.39, 0.29) is 11.3 Å². The van der Waals surface area contributed by atoms with Crippen molar-refractivity contribution < 1.29 is 9.69 Å². The number of hydrazine groups is 1. The Morgan fingerprint density at radius 3 is 2.23 bits per heavy atom. The van der Waals surface area contributed by atoms with E-state index in [4.69, 9.17) is 12.2 Å². The molecule has 0 spiro atoms. The Morgan fingerprint density at radius 1 is 1.14 bits per heavy atom. The molecule has 122 valence electrons. The van der Waals surface area contributed by atoms with Gasteiger partial charge in [0.05, 0.1) is 27.2 Å². The molecule has 5 nitrogen and oxygen atoms in total. The first-order valence-electron chi connectivity index (χ1n) is 7.44. The number of hydrogen-bond acceptors (Lipinski definition) is 2. The summed E-state index contributed by atoms with van der Waals surface area (Å²) in [5.41, 5.74) is 7.18. The zero-order chi connectivity index (χ0) is 16.8. The van der Waals surface area contributed by atoms with Gasteiger partial charge in [-0.05, 0) is 35.3 Å². The SMILES string of the molecule is C[NH+](C)CCNC(=S)NNC(=O)c1ccc(C(C)(C)C)cc1. The highest BCUT2D eigenvalue weighted by Crippen LogP contribution is 2.21. The first-order chi connectivity index (χ1) is 10.2. The van der Waals surface area contributed by atoms with Crippen LogP contribution >= 0.6 is 12.2 Å². The van der Waals surface area contributed by atoms with Gasteiger partial charge in [0, 0.05) is 5.56 Å². The third kappa shape index (κ3) is 6.41. The number of amides is 1. The minimum Gasteiger partial charge on any atom is -0.356 e. The van der Waals surface area contributed by atoms with E-state index in [0.717, 1.165) is 13.1 Å². The molecule has 4 N–H and O–H groups in total. The molecule has 1 aromatic rings. The van der Waals surface area contributed by atoms with Gasteiger partial charge in [-0.1, -0.05) is 32.9 Å². The molecule has 0 heterocycles. The number of rotatable bonds is 4. The van der Waals surface area contributed by atoms with E-state index in [0.29, 0.717) is 10.7 Å². The monoisotopic (exact) mass is 323 g/mol. The van der Waals surface area contributed by atoms with Gasteiger partial charge in [0.15, 0.2) is 5.11 Å². The lowest BCUT2D eigenvalue weighted by atomic mass is 9.87. The summed E-state index contributed by atoms with van der Waals surface area (Å²) >= 11 is 5.10. The Labute approximate surface area is 138 Å². The highest BCUT2D eigenvalue weighted by atomic mass is 32.1. The Morgan fingerprint density at radius 2 is 1.73 bits per heavy atom. The van der Waals surface area contributed by atoms with Gasteiger partial charge in [-0.2, -0.15) is 0 Å². The van der Waals surface area contributed by atoms with E-state index >= 15 is 0 Å². The third-order valence-corrected chi connectivity index (χ3v) is 3.46. The van der Waals surface area contributed by atoms with Gasteiger partial charge < -0.3 is 10.2 Å². The maximum absolute atomic E-state index is 12.0. The molecular formula is C16H27N4OS+. The smallest absolute Gasteiger partial charge is 0.269 e. The van der Waals surface area contributed by atoms with Crippen LogP contribution in [0.15, 0.2) is 24.3 Å². The summed E-state index contributed by atoms with van der Waals surface area (Å²) in [5.74, 6) is -0.206. The van der Waals surface area contributed by atoms with Crippen LogP contribution in [0.4, 0.5) is 0 Å². The van der Waals surface area contributed by atoms with Gasteiger partial charge in [-0.3, -0.25) is 15.6 Å². The second kappa shape index (κ2) is 8.10. The van der Waals surface area contributed by atoms with Crippen molar-refractivity contribution in [3.8, 4) is 0 Å². The van der Waals surface area contributed by atoms with Crippen LogP contribution in [0.2, 0.25) is 0 Å². The number of carbonyl (C=O) groups is 1. The Bertz CT molecular complexity index is 506. The molecule has 0 saturated heterocycles. The first kappa shape index (κ1) is 18.4. The summed E-state index contributed by atoms with van der Waals surface area (Å²) < 4.78 is 0. The quantitative estimate of drug-likeness (QED) is 0.474. The van der Waals surface area contributed by atoms with Crippen molar-refractivity contribution in [2.24, 2.45) is 0 Å². The molecule has 1 amide bonds. The lowest BCUT2D eigenvalue weighted by Crippen LogP contribution is -3.06. The number of thiocarbonyl (C=S) groups is 1. The minimum absolute atomic E-state index is 0.0766. The fraction of sp³-hybridized carbons (Fsp3) is 0.500. The van der Waals surface area contributed by atoms with Crippen molar-refractivity contribution in [2.75, 3.05) is 27.2 Å². The fourth-order valence-electron chi connectivity index (χ4n) is 1.78. The summed E-state index contributed by atoms with van der Waals surface area (Å²) in [5, 5.41) is 3.45. The normalized spacial score (nSPS) is 11.2.